The van der Waals surface area contributed by atoms with Gasteiger partial charge < -0.3 is 14.8 Å². The van der Waals surface area contributed by atoms with E-state index >= 15 is 0 Å². The number of esters is 1. The molecule has 0 heterocycles. The molecule has 0 radical (unpaired) electrons. The summed E-state index contributed by atoms with van der Waals surface area (Å²) in [7, 11) is 0. The maximum atomic E-state index is 12.3. The van der Waals surface area contributed by atoms with Gasteiger partial charge in [-0.25, -0.2) is 9.59 Å². The van der Waals surface area contributed by atoms with Crippen molar-refractivity contribution < 1.29 is 19.1 Å². The minimum Gasteiger partial charge on any atom is -0.464 e. The van der Waals surface area contributed by atoms with Crippen LogP contribution in [0.3, 0.4) is 0 Å². The number of ether oxygens (including phenoxy) is 2. The lowest BCUT2D eigenvalue weighted by atomic mass is 10.1. The molecule has 0 saturated carbocycles. The predicted octanol–water partition coefficient (Wildman–Crippen LogP) is 6.93. The van der Waals surface area contributed by atoms with E-state index in [1.807, 2.05) is 6.92 Å². The number of amides is 1. The molecule has 0 aromatic carbocycles. The molecular formula is C24H47NO4. The van der Waals surface area contributed by atoms with Crippen molar-refractivity contribution in [2.24, 2.45) is 0 Å². The molecule has 5 heteroatoms. The lowest BCUT2D eigenvalue weighted by Crippen LogP contribution is -2.42. The lowest BCUT2D eigenvalue weighted by Gasteiger charge is -2.17. The molecule has 0 fully saturated rings. The first-order chi connectivity index (χ1) is 14.2. The van der Waals surface area contributed by atoms with Gasteiger partial charge in [0.15, 0.2) is 0 Å². The predicted molar refractivity (Wildman–Crippen MR) is 120 cm³/mol. The van der Waals surface area contributed by atoms with Crippen LogP contribution >= 0.6 is 0 Å². The molecule has 1 unspecified atom stereocenters. The van der Waals surface area contributed by atoms with Gasteiger partial charge in [-0.2, -0.15) is 0 Å². The van der Waals surface area contributed by atoms with Crippen molar-refractivity contribution in [2.45, 2.75) is 130 Å². The molecule has 0 aliphatic rings. The molecule has 1 amide bonds. The zero-order valence-electron chi connectivity index (χ0n) is 19.4. The van der Waals surface area contributed by atoms with E-state index in [9.17, 15) is 9.59 Å². The fourth-order valence-corrected chi connectivity index (χ4v) is 3.25. The normalized spacial score (nSPS) is 11.8. The first-order valence-corrected chi connectivity index (χ1v) is 12.3. The topological polar surface area (TPSA) is 64.6 Å². The zero-order chi connectivity index (χ0) is 21.6. The average molecular weight is 414 g/mol. The fourth-order valence-electron chi connectivity index (χ4n) is 3.25. The van der Waals surface area contributed by atoms with Crippen molar-refractivity contribution in [2.75, 3.05) is 13.2 Å². The summed E-state index contributed by atoms with van der Waals surface area (Å²) in [5.41, 5.74) is 0. The van der Waals surface area contributed by atoms with Crippen LogP contribution in [0.2, 0.25) is 0 Å². The molecule has 0 aliphatic carbocycles. The van der Waals surface area contributed by atoms with Crippen LogP contribution in [0.25, 0.3) is 0 Å². The Morgan fingerprint density at radius 2 is 1.14 bits per heavy atom. The molecular weight excluding hydrogens is 366 g/mol. The molecule has 0 spiro atoms. The quantitative estimate of drug-likeness (QED) is 0.174. The van der Waals surface area contributed by atoms with E-state index in [-0.39, 0.29) is 5.97 Å². The van der Waals surface area contributed by atoms with Gasteiger partial charge in [-0.1, -0.05) is 104 Å². The van der Waals surface area contributed by atoms with Gasteiger partial charge in [0.05, 0.1) is 13.2 Å². The van der Waals surface area contributed by atoms with E-state index in [1.165, 1.54) is 64.2 Å². The van der Waals surface area contributed by atoms with Gasteiger partial charge >= 0.3 is 12.1 Å². The highest BCUT2D eigenvalue weighted by Gasteiger charge is 2.22. The van der Waals surface area contributed by atoms with Gasteiger partial charge in [0, 0.05) is 0 Å². The van der Waals surface area contributed by atoms with Gasteiger partial charge in [-0.05, 0) is 19.3 Å². The van der Waals surface area contributed by atoms with Gasteiger partial charge in [-0.3, -0.25) is 0 Å². The van der Waals surface area contributed by atoms with Gasteiger partial charge in [0.25, 0.3) is 0 Å². The van der Waals surface area contributed by atoms with Crippen molar-refractivity contribution in [3.63, 3.8) is 0 Å². The Morgan fingerprint density at radius 3 is 1.66 bits per heavy atom. The minimum absolute atomic E-state index is 0.338. The largest absolute Gasteiger partial charge is 0.464 e. The van der Waals surface area contributed by atoms with Crippen LogP contribution in [0.1, 0.15) is 124 Å². The molecule has 0 aromatic rings. The molecule has 0 bridgehead atoms. The van der Waals surface area contributed by atoms with E-state index in [2.05, 4.69) is 19.2 Å². The highest BCUT2D eigenvalue weighted by atomic mass is 16.6. The summed E-state index contributed by atoms with van der Waals surface area (Å²) >= 11 is 0. The second-order valence-corrected chi connectivity index (χ2v) is 8.03. The highest BCUT2D eigenvalue weighted by molar-refractivity contribution is 5.81. The number of rotatable bonds is 20. The number of hydrogen-bond acceptors (Lipinski definition) is 4. The molecule has 29 heavy (non-hydrogen) atoms. The van der Waals surface area contributed by atoms with E-state index in [0.29, 0.717) is 19.6 Å². The Balaban J connectivity index is 3.72. The van der Waals surface area contributed by atoms with Gasteiger partial charge in [-0.15, -0.1) is 0 Å². The van der Waals surface area contributed by atoms with Crippen molar-refractivity contribution in [3.8, 4) is 0 Å². The van der Waals surface area contributed by atoms with E-state index < -0.39 is 12.1 Å². The zero-order valence-corrected chi connectivity index (χ0v) is 19.4. The monoisotopic (exact) mass is 413 g/mol. The third-order valence-electron chi connectivity index (χ3n) is 5.10. The number of alkyl carbamates (subject to hydrolysis) is 1. The third-order valence-corrected chi connectivity index (χ3v) is 5.10. The van der Waals surface area contributed by atoms with Crippen molar-refractivity contribution in [3.05, 3.63) is 0 Å². The summed E-state index contributed by atoms with van der Waals surface area (Å²) in [6.45, 7) is 7.05. The Hall–Kier alpha value is -1.26. The highest BCUT2D eigenvalue weighted by Crippen LogP contribution is 2.12. The number of nitrogens with one attached hydrogen (secondary N) is 1. The average Bonchev–Trinajstić information content (AvgIpc) is 2.72. The molecule has 5 nitrogen and oxygen atoms in total. The third kappa shape index (κ3) is 18.5. The second-order valence-electron chi connectivity index (χ2n) is 8.03. The summed E-state index contributed by atoms with van der Waals surface area (Å²) in [6.07, 6.45) is 18.0. The molecule has 0 aliphatic heterocycles. The van der Waals surface area contributed by atoms with E-state index in [4.69, 9.17) is 9.47 Å². The van der Waals surface area contributed by atoms with Gasteiger partial charge in [0.1, 0.15) is 6.04 Å². The van der Waals surface area contributed by atoms with Crippen LogP contribution in [0.5, 0.6) is 0 Å². The lowest BCUT2D eigenvalue weighted by molar-refractivity contribution is -0.146. The summed E-state index contributed by atoms with van der Waals surface area (Å²) in [5, 5.41) is 2.65. The number of carbonyl (C=O) groups excluding carboxylic acids is 2. The maximum Gasteiger partial charge on any atom is 0.407 e. The summed E-state index contributed by atoms with van der Waals surface area (Å²) in [5.74, 6) is -0.338. The van der Waals surface area contributed by atoms with Crippen LogP contribution in [0.15, 0.2) is 0 Å². The molecule has 1 atom stereocenters. The molecule has 1 N–H and O–H groups in total. The Kier molecular flexibility index (Phi) is 20.5. The van der Waals surface area contributed by atoms with Crippen LogP contribution in [-0.2, 0) is 14.3 Å². The Labute approximate surface area is 179 Å². The minimum atomic E-state index is -0.600. The second kappa shape index (κ2) is 21.4. The molecule has 0 saturated heterocycles. The standard InChI is InChI=1S/C24H47NO4/c1-4-7-9-10-11-12-13-14-15-16-17-18-21-28-23(26)22(19-8-5-2)25-24(27)29-20-6-3/h22H,4-21H2,1-3H3,(H,25,27). The van der Waals surface area contributed by atoms with Crippen molar-refractivity contribution in [1.82, 2.24) is 5.32 Å². The van der Waals surface area contributed by atoms with E-state index in [1.54, 1.807) is 0 Å². The number of carbonyl (C=O) groups is 2. The molecule has 0 rings (SSSR count). The number of unbranched alkanes of at least 4 members (excludes halogenated alkanes) is 12. The molecule has 172 valence electrons. The maximum absolute atomic E-state index is 12.3. The van der Waals surface area contributed by atoms with Crippen molar-refractivity contribution >= 4 is 12.1 Å². The van der Waals surface area contributed by atoms with Crippen LogP contribution < -0.4 is 5.32 Å². The summed E-state index contributed by atoms with van der Waals surface area (Å²) in [4.78, 5) is 24.0. The van der Waals surface area contributed by atoms with Crippen molar-refractivity contribution in [1.29, 1.82) is 0 Å². The SMILES string of the molecule is CCCCCCCCCCCCCCOC(=O)C(CCCC)NC(=O)OCCC. The smallest absolute Gasteiger partial charge is 0.407 e. The Morgan fingerprint density at radius 1 is 0.621 bits per heavy atom. The first kappa shape index (κ1) is 27.7. The van der Waals surface area contributed by atoms with Crippen LogP contribution in [0.4, 0.5) is 4.79 Å². The Bertz CT molecular complexity index is 387. The van der Waals surface area contributed by atoms with E-state index in [0.717, 1.165) is 32.1 Å². The fraction of sp³-hybridized carbons (Fsp3) is 0.917. The molecule has 0 aromatic heterocycles. The summed E-state index contributed by atoms with van der Waals surface area (Å²) in [6, 6.07) is -0.600. The summed E-state index contributed by atoms with van der Waals surface area (Å²) < 4.78 is 10.4. The number of hydrogen-bond donors (Lipinski definition) is 1. The first-order valence-electron chi connectivity index (χ1n) is 12.3. The van der Waals surface area contributed by atoms with Crippen LogP contribution in [0, 0.1) is 0 Å². The van der Waals surface area contributed by atoms with Crippen LogP contribution in [-0.4, -0.2) is 31.3 Å². The van der Waals surface area contributed by atoms with Gasteiger partial charge in [0.2, 0.25) is 0 Å².